The molecule has 0 fully saturated rings. The van der Waals surface area contributed by atoms with E-state index >= 15 is 0 Å². The number of carbonyl (C=O) groups excluding carboxylic acids is 1. The van der Waals surface area contributed by atoms with Gasteiger partial charge in [0.1, 0.15) is 0 Å². The summed E-state index contributed by atoms with van der Waals surface area (Å²) in [5.41, 5.74) is 0. The minimum atomic E-state index is 0.623. The first-order valence-corrected chi connectivity index (χ1v) is 3.65. The first-order chi connectivity index (χ1) is 5.41. The highest BCUT2D eigenvalue weighted by Gasteiger charge is 1.87. The molecule has 0 aliphatic rings. The molecule has 0 spiro atoms. The van der Waals surface area contributed by atoms with Crippen LogP contribution in [-0.2, 0) is 14.3 Å². The smallest absolute Gasteiger partial charge is 0.207 e. The lowest BCUT2D eigenvalue weighted by atomic mass is 10.4. The van der Waals surface area contributed by atoms with Crippen LogP contribution in [0.5, 0.6) is 0 Å². The number of methoxy groups -OCH3 is 1. The molecule has 0 radical (unpaired) electrons. The van der Waals surface area contributed by atoms with Crippen molar-refractivity contribution < 1.29 is 14.3 Å². The number of nitrogens with one attached hydrogen (secondary N) is 1. The predicted octanol–water partition coefficient (Wildman–Crippen LogP) is -0.215. The molecule has 0 saturated carbocycles. The molecule has 0 aromatic carbocycles. The van der Waals surface area contributed by atoms with Crippen LogP contribution in [0.3, 0.4) is 0 Å². The largest absolute Gasteiger partial charge is 0.382 e. The Morgan fingerprint density at radius 3 is 2.82 bits per heavy atom. The van der Waals surface area contributed by atoms with Crippen molar-refractivity contribution in [3.8, 4) is 0 Å². The summed E-state index contributed by atoms with van der Waals surface area (Å²) in [4.78, 5) is 9.77. The van der Waals surface area contributed by atoms with Gasteiger partial charge in [0.15, 0.2) is 0 Å². The maximum atomic E-state index is 9.77. The molecule has 66 valence electrons. The fourth-order valence-corrected chi connectivity index (χ4v) is 0.580. The van der Waals surface area contributed by atoms with Gasteiger partial charge >= 0.3 is 0 Å². The monoisotopic (exact) mass is 161 g/mol. The maximum absolute atomic E-state index is 9.77. The van der Waals surface area contributed by atoms with Crippen LogP contribution in [0.1, 0.15) is 6.42 Å². The van der Waals surface area contributed by atoms with E-state index in [-0.39, 0.29) is 0 Å². The molecule has 4 heteroatoms. The van der Waals surface area contributed by atoms with Crippen LogP contribution in [-0.4, -0.2) is 39.9 Å². The van der Waals surface area contributed by atoms with Crippen molar-refractivity contribution in [1.82, 2.24) is 5.32 Å². The van der Waals surface area contributed by atoms with Crippen molar-refractivity contribution in [2.75, 3.05) is 33.5 Å². The van der Waals surface area contributed by atoms with E-state index < -0.39 is 0 Å². The van der Waals surface area contributed by atoms with Crippen molar-refractivity contribution in [2.24, 2.45) is 0 Å². The molecule has 0 aromatic heterocycles. The lowest BCUT2D eigenvalue weighted by Crippen LogP contribution is -2.14. The maximum Gasteiger partial charge on any atom is 0.207 e. The zero-order chi connectivity index (χ0) is 8.36. The summed E-state index contributed by atoms with van der Waals surface area (Å²) in [6, 6.07) is 0. The third-order valence-electron chi connectivity index (χ3n) is 1.12. The summed E-state index contributed by atoms with van der Waals surface area (Å²) in [5, 5.41) is 2.55. The van der Waals surface area contributed by atoms with Crippen molar-refractivity contribution in [3.05, 3.63) is 0 Å². The zero-order valence-corrected chi connectivity index (χ0v) is 6.84. The fraction of sp³-hybridized carbons (Fsp3) is 0.857. The van der Waals surface area contributed by atoms with Gasteiger partial charge in [-0.3, -0.25) is 4.79 Å². The highest BCUT2D eigenvalue weighted by Crippen LogP contribution is 1.80. The summed E-state index contributed by atoms with van der Waals surface area (Å²) < 4.78 is 9.91. The number of amides is 1. The Bertz CT molecular complexity index is 87.8. The summed E-state index contributed by atoms with van der Waals surface area (Å²) in [6.07, 6.45) is 1.54. The second-order valence-corrected chi connectivity index (χ2v) is 2.03. The highest BCUT2D eigenvalue weighted by atomic mass is 16.5. The Labute approximate surface area is 66.9 Å². The molecule has 11 heavy (non-hydrogen) atoms. The van der Waals surface area contributed by atoms with Gasteiger partial charge in [0.05, 0.1) is 13.2 Å². The third-order valence-corrected chi connectivity index (χ3v) is 1.12. The molecule has 0 unspecified atom stereocenters. The van der Waals surface area contributed by atoms with Gasteiger partial charge in [-0.1, -0.05) is 0 Å². The van der Waals surface area contributed by atoms with Crippen LogP contribution in [0.25, 0.3) is 0 Å². The Kier molecular flexibility index (Phi) is 8.87. The van der Waals surface area contributed by atoms with Crippen molar-refractivity contribution in [3.63, 3.8) is 0 Å². The number of carbonyl (C=O) groups is 1. The van der Waals surface area contributed by atoms with Crippen molar-refractivity contribution in [1.29, 1.82) is 0 Å². The van der Waals surface area contributed by atoms with E-state index in [4.69, 9.17) is 9.47 Å². The van der Waals surface area contributed by atoms with Gasteiger partial charge in [0.2, 0.25) is 6.41 Å². The van der Waals surface area contributed by atoms with E-state index in [1.54, 1.807) is 7.11 Å². The lowest BCUT2D eigenvalue weighted by molar-refractivity contribution is -0.109. The second kappa shape index (κ2) is 9.39. The predicted molar refractivity (Wildman–Crippen MR) is 41.4 cm³/mol. The molecule has 0 aliphatic heterocycles. The van der Waals surface area contributed by atoms with Gasteiger partial charge in [-0.25, -0.2) is 0 Å². The van der Waals surface area contributed by atoms with E-state index in [9.17, 15) is 4.79 Å². The molecule has 0 aromatic rings. The summed E-state index contributed by atoms with van der Waals surface area (Å²) in [6.45, 7) is 2.60. The first-order valence-electron chi connectivity index (χ1n) is 3.65. The fourth-order valence-electron chi connectivity index (χ4n) is 0.580. The Hall–Kier alpha value is -0.610. The topological polar surface area (TPSA) is 47.6 Å². The van der Waals surface area contributed by atoms with Gasteiger partial charge in [-0.05, 0) is 6.42 Å². The quantitative estimate of drug-likeness (QED) is 0.395. The van der Waals surface area contributed by atoms with Crippen LogP contribution in [0.4, 0.5) is 0 Å². The Morgan fingerprint density at radius 2 is 2.18 bits per heavy atom. The SMILES string of the molecule is COCCOCCCNC=O. The molecule has 4 nitrogen and oxygen atoms in total. The standard InChI is InChI=1S/C7H15NO3/c1-10-5-6-11-4-2-3-8-7-9/h7H,2-6H2,1H3,(H,8,9). The summed E-state index contributed by atoms with van der Waals surface area (Å²) in [5.74, 6) is 0. The van der Waals surface area contributed by atoms with E-state index in [0.717, 1.165) is 6.42 Å². The Morgan fingerprint density at radius 1 is 1.36 bits per heavy atom. The van der Waals surface area contributed by atoms with E-state index in [0.29, 0.717) is 32.8 Å². The zero-order valence-electron chi connectivity index (χ0n) is 6.84. The van der Waals surface area contributed by atoms with Crippen molar-refractivity contribution in [2.45, 2.75) is 6.42 Å². The van der Waals surface area contributed by atoms with Gasteiger partial charge in [-0.15, -0.1) is 0 Å². The molecule has 0 aliphatic carbocycles. The molecule has 0 heterocycles. The molecule has 1 N–H and O–H groups in total. The minimum absolute atomic E-state index is 0.623. The van der Waals surface area contributed by atoms with Gasteiger partial charge in [-0.2, -0.15) is 0 Å². The summed E-state index contributed by atoms with van der Waals surface area (Å²) in [7, 11) is 1.64. The number of rotatable bonds is 8. The molecule has 0 saturated heterocycles. The molecule has 0 bridgehead atoms. The van der Waals surface area contributed by atoms with E-state index in [1.165, 1.54) is 0 Å². The molecular formula is C7H15NO3. The van der Waals surface area contributed by atoms with Gasteiger partial charge < -0.3 is 14.8 Å². The van der Waals surface area contributed by atoms with Crippen LogP contribution < -0.4 is 5.32 Å². The first kappa shape index (κ1) is 10.4. The molecular weight excluding hydrogens is 146 g/mol. The van der Waals surface area contributed by atoms with Crippen molar-refractivity contribution >= 4 is 6.41 Å². The number of hydrogen-bond donors (Lipinski definition) is 1. The van der Waals surface area contributed by atoms with Gasteiger partial charge in [0, 0.05) is 20.3 Å². The molecule has 0 atom stereocenters. The normalized spacial score (nSPS) is 9.55. The second-order valence-electron chi connectivity index (χ2n) is 2.03. The third kappa shape index (κ3) is 9.39. The summed E-state index contributed by atoms with van der Waals surface area (Å²) >= 11 is 0. The van der Waals surface area contributed by atoms with Crippen LogP contribution >= 0.6 is 0 Å². The molecule has 0 rings (SSSR count). The molecule has 1 amide bonds. The van der Waals surface area contributed by atoms with Gasteiger partial charge in [0.25, 0.3) is 0 Å². The average Bonchev–Trinajstić information content (AvgIpc) is 2.03. The number of ether oxygens (including phenoxy) is 2. The number of hydrogen-bond acceptors (Lipinski definition) is 3. The highest BCUT2D eigenvalue weighted by molar-refractivity contribution is 5.45. The van der Waals surface area contributed by atoms with E-state index in [2.05, 4.69) is 5.32 Å². The lowest BCUT2D eigenvalue weighted by Gasteiger charge is -2.01. The van der Waals surface area contributed by atoms with E-state index in [1.807, 2.05) is 0 Å². The van der Waals surface area contributed by atoms with Crippen LogP contribution in [0.15, 0.2) is 0 Å². The Balaban J connectivity index is 2.74. The minimum Gasteiger partial charge on any atom is -0.382 e. The average molecular weight is 161 g/mol. The van der Waals surface area contributed by atoms with Crippen LogP contribution in [0, 0.1) is 0 Å². The van der Waals surface area contributed by atoms with Crippen LogP contribution in [0.2, 0.25) is 0 Å².